The molecule has 142 valence electrons. The maximum atomic E-state index is 12.4. The van der Waals surface area contributed by atoms with Crippen molar-refractivity contribution in [2.75, 3.05) is 25.4 Å². The van der Waals surface area contributed by atoms with Gasteiger partial charge in [-0.2, -0.15) is 0 Å². The van der Waals surface area contributed by atoms with E-state index in [4.69, 9.17) is 4.74 Å². The summed E-state index contributed by atoms with van der Waals surface area (Å²) in [6, 6.07) is -1.03. The van der Waals surface area contributed by atoms with Crippen molar-refractivity contribution in [3.63, 3.8) is 0 Å². The lowest BCUT2D eigenvalue weighted by atomic mass is 10.0. The number of likely N-dealkylation sites (tertiary alicyclic amines) is 1. The number of β-amino-alcohol motifs (C(OH)–C–C–N with tert-alkyl or cyclic N) is 1. The average molecular weight is 387 g/mol. The Bertz CT molecular complexity index is 723. The number of ether oxygens (including phenoxy) is 1. The van der Waals surface area contributed by atoms with Gasteiger partial charge in [0.1, 0.15) is 23.7 Å². The number of carboxylic acids is 1. The first-order valence-electron chi connectivity index (χ1n) is 7.80. The van der Waals surface area contributed by atoms with Gasteiger partial charge in [-0.25, -0.2) is 9.59 Å². The topological polar surface area (TPSA) is 154 Å². The third-order valence-electron chi connectivity index (χ3n) is 4.45. The molecule has 2 saturated heterocycles. The number of carboxylic acid groups (broad SMARTS) is 1. The molecule has 11 nitrogen and oxygen atoms in total. The number of aliphatic hydroxyl groups excluding tert-OH is 1. The number of hydrogen-bond acceptors (Lipinski definition) is 7. The van der Waals surface area contributed by atoms with Gasteiger partial charge in [0.25, 0.3) is 5.91 Å². The number of β-lactam (4-membered cyclic amide) rings is 1. The first-order chi connectivity index (χ1) is 12.3. The first kappa shape index (κ1) is 18.3. The highest BCUT2D eigenvalue weighted by molar-refractivity contribution is 7.86. The smallest absolute Gasteiger partial charge is 0.410 e. The number of rotatable bonds is 5. The summed E-state index contributed by atoms with van der Waals surface area (Å²) in [7, 11) is -1.65. The molecule has 2 fully saturated rings. The molecule has 12 heteroatoms. The van der Waals surface area contributed by atoms with Crippen LogP contribution in [0, 0.1) is 0 Å². The second-order valence-electron chi connectivity index (χ2n) is 6.09. The van der Waals surface area contributed by atoms with E-state index in [1.165, 1.54) is 4.90 Å². The summed E-state index contributed by atoms with van der Waals surface area (Å²) in [5.41, 5.74) is -0.323. The zero-order chi connectivity index (χ0) is 19.0. The molecule has 0 aliphatic carbocycles. The van der Waals surface area contributed by atoms with Crippen molar-refractivity contribution in [2.24, 2.45) is 0 Å². The maximum Gasteiger partial charge on any atom is 0.410 e. The number of hydrogen-bond donors (Lipinski definition) is 3. The molecule has 0 bridgehead atoms. The van der Waals surface area contributed by atoms with Crippen molar-refractivity contribution in [3.05, 3.63) is 11.3 Å². The van der Waals surface area contributed by atoms with Crippen molar-refractivity contribution >= 4 is 35.2 Å². The highest BCUT2D eigenvalue weighted by Crippen LogP contribution is 2.34. The van der Waals surface area contributed by atoms with Gasteiger partial charge in [-0.15, -0.1) is 0 Å². The Kier molecular flexibility index (Phi) is 4.96. The van der Waals surface area contributed by atoms with E-state index in [9.17, 15) is 33.6 Å². The lowest BCUT2D eigenvalue weighted by Gasteiger charge is -2.48. The van der Waals surface area contributed by atoms with Crippen LogP contribution in [0.4, 0.5) is 4.79 Å². The molecular formula is C14H17N3O8S. The summed E-state index contributed by atoms with van der Waals surface area (Å²) in [6.07, 6.45) is -0.623. The van der Waals surface area contributed by atoms with E-state index in [0.29, 0.717) is 19.4 Å². The number of nitrogens with one attached hydrogen (secondary N) is 1. The molecule has 0 saturated carbocycles. The first-order valence-corrected chi connectivity index (χ1v) is 9.18. The largest absolute Gasteiger partial charge is 0.477 e. The van der Waals surface area contributed by atoms with Crippen molar-refractivity contribution in [1.29, 1.82) is 0 Å². The number of fused-ring (bicyclic) bond motifs is 1. The molecule has 3 aliphatic rings. The lowest BCUT2D eigenvalue weighted by Crippen LogP contribution is -2.72. The number of carbonyl (C=O) groups excluding carboxylic acids is 3. The van der Waals surface area contributed by atoms with Gasteiger partial charge in [0.15, 0.2) is 0 Å². The number of carbonyl (C=O) groups is 4. The Morgan fingerprint density at radius 1 is 1.42 bits per heavy atom. The van der Waals surface area contributed by atoms with Gasteiger partial charge >= 0.3 is 12.1 Å². The third-order valence-corrected chi connectivity index (χ3v) is 6.10. The molecule has 4 atom stereocenters. The Labute approximate surface area is 150 Å². The predicted molar refractivity (Wildman–Crippen MR) is 84.8 cm³/mol. The second kappa shape index (κ2) is 7.03. The van der Waals surface area contributed by atoms with Crippen LogP contribution in [0.15, 0.2) is 11.3 Å². The molecule has 26 heavy (non-hydrogen) atoms. The van der Waals surface area contributed by atoms with Gasteiger partial charge in [0.05, 0.1) is 22.7 Å². The molecule has 3 aliphatic heterocycles. The van der Waals surface area contributed by atoms with Crippen LogP contribution in [-0.2, 0) is 29.9 Å². The molecule has 3 N–H and O–H groups in total. The van der Waals surface area contributed by atoms with Crippen LogP contribution in [0.2, 0.25) is 0 Å². The van der Waals surface area contributed by atoms with Crippen LogP contribution in [-0.4, -0.2) is 91.6 Å². The summed E-state index contributed by atoms with van der Waals surface area (Å²) in [5, 5.41) is 20.1. The molecule has 3 heterocycles. The zero-order valence-electron chi connectivity index (χ0n) is 13.5. The standard InChI is InChI=1S/C14H17N3O8S/c18-6-15-9-11(20)17-10(13(21)22)7(5-26(24)12(9)17)4-25-14(23)16-2-1-8(19)3-16/h6,8-9,12,19H,1-5H2,(H,15,18)(H,21,22)/t8?,9?,12-,26?/m1/s1. The van der Waals surface area contributed by atoms with Gasteiger partial charge in [0, 0.05) is 18.7 Å². The van der Waals surface area contributed by atoms with Gasteiger partial charge in [0.2, 0.25) is 6.41 Å². The van der Waals surface area contributed by atoms with Crippen LogP contribution in [0.3, 0.4) is 0 Å². The highest BCUT2D eigenvalue weighted by atomic mass is 32.2. The quantitative estimate of drug-likeness (QED) is 0.348. The minimum Gasteiger partial charge on any atom is -0.477 e. The monoisotopic (exact) mass is 387 g/mol. The normalized spacial score (nSPS) is 30.6. The van der Waals surface area contributed by atoms with E-state index in [2.05, 4.69) is 5.32 Å². The Hall–Kier alpha value is -2.47. The van der Waals surface area contributed by atoms with Crippen LogP contribution in [0.25, 0.3) is 0 Å². The van der Waals surface area contributed by atoms with E-state index >= 15 is 0 Å². The fraction of sp³-hybridized carbons (Fsp3) is 0.571. The summed E-state index contributed by atoms with van der Waals surface area (Å²) in [5.74, 6) is -2.28. The molecule has 3 rings (SSSR count). The summed E-state index contributed by atoms with van der Waals surface area (Å²) >= 11 is 0. The summed E-state index contributed by atoms with van der Waals surface area (Å²) in [4.78, 5) is 48.4. The zero-order valence-corrected chi connectivity index (χ0v) is 14.3. The van der Waals surface area contributed by atoms with Crippen molar-refractivity contribution < 1.29 is 38.3 Å². The van der Waals surface area contributed by atoms with Crippen molar-refractivity contribution in [3.8, 4) is 0 Å². The Balaban J connectivity index is 1.75. The summed E-state index contributed by atoms with van der Waals surface area (Å²) in [6.45, 7) is 0.0188. The van der Waals surface area contributed by atoms with E-state index in [1.54, 1.807) is 0 Å². The second-order valence-corrected chi connectivity index (χ2v) is 7.62. The highest BCUT2D eigenvalue weighted by Gasteiger charge is 2.56. The molecule has 0 radical (unpaired) electrons. The molecular weight excluding hydrogens is 370 g/mol. The summed E-state index contributed by atoms with van der Waals surface area (Å²) < 4.78 is 17.4. The average Bonchev–Trinajstić information content (AvgIpc) is 3.03. The van der Waals surface area contributed by atoms with Gasteiger partial charge in [-0.3, -0.25) is 18.7 Å². The van der Waals surface area contributed by atoms with Crippen molar-refractivity contribution in [1.82, 2.24) is 15.1 Å². The van der Waals surface area contributed by atoms with Gasteiger partial charge in [-0.1, -0.05) is 0 Å². The predicted octanol–water partition coefficient (Wildman–Crippen LogP) is -2.43. The Morgan fingerprint density at radius 3 is 2.73 bits per heavy atom. The SMILES string of the molecule is O=CNC1C(=O)N2C(C(=O)O)=C(COC(=O)N3CCC(O)C3)CS(=O)[C@H]12. The number of amides is 3. The minimum atomic E-state index is -1.65. The number of nitrogens with zero attached hydrogens (tertiary/aromatic N) is 2. The van der Waals surface area contributed by atoms with Crippen LogP contribution < -0.4 is 5.32 Å². The molecule has 0 aromatic rings. The fourth-order valence-corrected chi connectivity index (χ4v) is 4.88. The van der Waals surface area contributed by atoms with Crippen molar-refractivity contribution in [2.45, 2.75) is 23.9 Å². The van der Waals surface area contributed by atoms with Crippen LogP contribution >= 0.6 is 0 Å². The molecule has 0 spiro atoms. The van der Waals surface area contributed by atoms with Crippen LogP contribution in [0.5, 0.6) is 0 Å². The van der Waals surface area contributed by atoms with E-state index < -0.39 is 52.9 Å². The number of aliphatic carboxylic acids is 1. The van der Waals surface area contributed by atoms with E-state index in [1.807, 2.05) is 0 Å². The van der Waals surface area contributed by atoms with Crippen LogP contribution in [0.1, 0.15) is 6.42 Å². The minimum absolute atomic E-state index is 0.0538. The molecule has 3 unspecified atom stereocenters. The van der Waals surface area contributed by atoms with Gasteiger partial charge < -0.3 is 25.2 Å². The third kappa shape index (κ3) is 3.05. The van der Waals surface area contributed by atoms with Gasteiger partial charge in [-0.05, 0) is 6.42 Å². The Morgan fingerprint density at radius 2 is 2.15 bits per heavy atom. The number of aliphatic hydroxyl groups is 1. The van der Waals surface area contributed by atoms with E-state index in [0.717, 1.165) is 4.90 Å². The fourth-order valence-electron chi connectivity index (χ4n) is 3.21. The lowest BCUT2D eigenvalue weighted by molar-refractivity contribution is -0.150. The van der Waals surface area contributed by atoms with E-state index in [-0.39, 0.29) is 23.6 Å². The maximum absolute atomic E-state index is 12.4. The molecule has 3 amide bonds. The molecule has 0 aromatic heterocycles. The molecule has 0 aromatic carbocycles.